The van der Waals surface area contributed by atoms with E-state index in [0.717, 1.165) is 48.8 Å². The van der Waals surface area contributed by atoms with Crippen LogP contribution in [0.3, 0.4) is 0 Å². The number of nitrogens with zero attached hydrogens (tertiary/aromatic N) is 3. The van der Waals surface area contributed by atoms with E-state index in [-0.39, 0.29) is 11.2 Å². The Morgan fingerprint density at radius 1 is 1.32 bits per heavy atom. The SMILES string of the molecule is CN=C(NCc1c(C)nn(CCOC)c1C)NCC1(c2cccc(F)c2)CC1. The first-order valence-electron chi connectivity index (χ1n) is 9.71. The molecule has 3 rings (SSSR count). The number of halogens is 1. The molecule has 28 heavy (non-hydrogen) atoms. The molecule has 7 heteroatoms. The molecule has 0 spiro atoms. The normalized spacial score (nSPS) is 15.5. The van der Waals surface area contributed by atoms with Crippen molar-refractivity contribution < 1.29 is 9.13 Å². The Morgan fingerprint density at radius 2 is 2.11 bits per heavy atom. The number of methoxy groups -OCH3 is 1. The molecule has 0 radical (unpaired) electrons. The number of ether oxygens (including phenoxy) is 1. The molecule has 1 saturated carbocycles. The average molecular weight is 388 g/mol. The first kappa shape index (κ1) is 20.3. The lowest BCUT2D eigenvalue weighted by Gasteiger charge is -2.19. The molecule has 1 aromatic heterocycles. The van der Waals surface area contributed by atoms with Crippen LogP contribution in [0.15, 0.2) is 29.3 Å². The fourth-order valence-corrected chi connectivity index (χ4v) is 3.57. The van der Waals surface area contributed by atoms with Gasteiger partial charge in [-0.1, -0.05) is 12.1 Å². The zero-order chi connectivity index (χ0) is 20.1. The van der Waals surface area contributed by atoms with Crippen molar-refractivity contribution in [2.24, 2.45) is 4.99 Å². The van der Waals surface area contributed by atoms with Crippen LogP contribution in [0.4, 0.5) is 4.39 Å². The number of aliphatic imine (C=N–C) groups is 1. The Labute approximate surface area is 166 Å². The molecule has 1 aliphatic rings. The van der Waals surface area contributed by atoms with Crippen molar-refractivity contribution in [2.45, 2.75) is 45.2 Å². The second kappa shape index (κ2) is 8.73. The van der Waals surface area contributed by atoms with Crippen molar-refractivity contribution in [3.8, 4) is 0 Å². The number of benzene rings is 1. The van der Waals surface area contributed by atoms with Crippen LogP contribution in [0.25, 0.3) is 0 Å². The minimum Gasteiger partial charge on any atom is -0.383 e. The van der Waals surface area contributed by atoms with Gasteiger partial charge in [0, 0.05) is 43.9 Å². The molecule has 0 saturated heterocycles. The van der Waals surface area contributed by atoms with Gasteiger partial charge in [-0.15, -0.1) is 0 Å². The van der Waals surface area contributed by atoms with Crippen LogP contribution in [-0.4, -0.2) is 43.0 Å². The molecule has 6 nitrogen and oxygen atoms in total. The number of hydrogen-bond donors (Lipinski definition) is 2. The maximum atomic E-state index is 13.6. The third-order valence-electron chi connectivity index (χ3n) is 5.58. The summed E-state index contributed by atoms with van der Waals surface area (Å²) < 4.78 is 20.7. The standard InChI is InChI=1S/C21H30FN5O/c1-15-19(16(2)27(26-15)10-11-28-4)13-24-20(23-3)25-14-21(8-9-21)17-6-5-7-18(22)12-17/h5-7,12H,8-11,13-14H2,1-4H3,(H2,23,24,25). The van der Waals surface area contributed by atoms with Crippen molar-refractivity contribution in [3.63, 3.8) is 0 Å². The van der Waals surface area contributed by atoms with Gasteiger partial charge >= 0.3 is 0 Å². The topological polar surface area (TPSA) is 63.5 Å². The number of aryl methyl sites for hydroxylation is 1. The molecular formula is C21H30FN5O. The zero-order valence-corrected chi connectivity index (χ0v) is 17.2. The molecule has 1 aromatic carbocycles. The quantitative estimate of drug-likeness (QED) is 0.540. The fraction of sp³-hybridized carbons (Fsp3) is 0.524. The van der Waals surface area contributed by atoms with Crippen molar-refractivity contribution in [2.75, 3.05) is 27.3 Å². The second-order valence-corrected chi connectivity index (χ2v) is 7.44. The first-order valence-corrected chi connectivity index (χ1v) is 9.71. The van der Waals surface area contributed by atoms with Crippen molar-refractivity contribution in [3.05, 3.63) is 52.6 Å². The number of rotatable bonds is 8. The summed E-state index contributed by atoms with van der Waals surface area (Å²) in [5.41, 5.74) is 4.38. The Balaban J connectivity index is 1.58. The smallest absolute Gasteiger partial charge is 0.191 e. The summed E-state index contributed by atoms with van der Waals surface area (Å²) in [4.78, 5) is 4.33. The molecule has 1 heterocycles. The van der Waals surface area contributed by atoms with Crippen LogP contribution < -0.4 is 10.6 Å². The van der Waals surface area contributed by atoms with Gasteiger partial charge in [-0.3, -0.25) is 9.67 Å². The van der Waals surface area contributed by atoms with E-state index in [1.807, 2.05) is 17.7 Å². The average Bonchev–Trinajstić information content (AvgIpc) is 3.43. The molecule has 0 bridgehead atoms. The van der Waals surface area contributed by atoms with Gasteiger partial charge in [0.1, 0.15) is 5.82 Å². The Hall–Kier alpha value is -2.41. The van der Waals surface area contributed by atoms with Gasteiger partial charge in [0.2, 0.25) is 0 Å². The van der Waals surface area contributed by atoms with E-state index in [2.05, 4.69) is 27.6 Å². The van der Waals surface area contributed by atoms with E-state index in [0.29, 0.717) is 13.2 Å². The van der Waals surface area contributed by atoms with Gasteiger partial charge < -0.3 is 15.4 Å². The fourth-order valence-electron chi connectivity index (χ4n) is 3.57. The Kier molecular flexibility index (Phi) is 6.34. The predicted octanol–water partition coefficient (Wildman–Crippen LogP) is 2.68. The van der Waals surface area contributed by atoms with Crippen molar-refractivity contribution >= 4 is 5.96 Å². The zero-order valence-electron chi connectivity index (χ0n) is 17.2. The Bertz CT molecular complexity index is 841. The van der Waals surface area contributed by atoms with Crippen LogP contribution in [-0.2, 0) is 23.2 Å². The van der Waals surface area contributed by atoms with Crippen molar-refractivity contribution in [1.82, 2.24) is 20.4 Å². The van der Waals surface area contributed by atoms with Crippen molar-refractivity contribution in [1.29, 1.82) is 0 Å². The maximum Gasteiger partial charge on any atom is 0.191 e. The molecular weight excluding hydrogens is 357 g/mol. The number of nitrogens with one attached hydrogen (secondary N) is 2. The minimum absolute atomic E-state index is 0.0105. The second-order valence-electron chi connectivity index (χ2n) is 7.44. The van der Waals surface area contributed by atoms with E-state index in [4.69, 9.17) is 4.74 Å². The van der Waals surface area contributed by atoms with E-state index in [9.17, 15) is 4.39 Å². The highest BCUT2D eigenvalue weighted by molar-refractivity contribution is 5.79. The largest absolute Gasteiger partial charge is 0.383 e. The summed E-state index contributed by atoms with van der Waals surface area (Å²) in [6.07, 6.45) is 2.12. The highest BCUT2D eigenvalue weighted by Gasteiger charge is 2.44. The highest BCUT2D eigenvalue weighted by Crippen LogP contribution is 2.47. The van der Waals surface area contributed by atoms with Gasteiger partial charge in [-0.05, 0) is 44.4 Å². The van der Waals surface area contributed by atoms with Gasteiger partial charge in [0.15, 0.2) is 5.96 Å². The monoisotopic (exact) mass is 387 g/mol. The van der Waals surface area contributed by atoms with Gasteiger partial charge in [-0.2, -0.15) is 5.10 Å². The lowest BCUT2D eigenvalue weighted by Crippen LogP contribution is -2.41. The lowest BCUT2D eigenvalue weighted by molar-refractivity contribution is 0.182. The summed E-state index contributed by atoms with van der Waals surface area (Å²) in [6.45, 7) is 6.86. The lowest BCUT2D eigenvalue weighted by atomic mass is 9.96. The third-order valence-corrected chi connectivity index (χ3v) is 5.58. The maximum absolute atomic E-state index is 13.6. The van der Waals surface area contributed by atoms with Crippen LogP contribution in [0, 0.1) is 19.7 Å². The molecule has 152 valence electrons. The minimum atomic E-state index is -0.178. The van der Waals surface area contributed by atoms with Crippen LogP contribution in [0.5, 0.6) is 0 Å². The van der Waals surface area contributed by atoms with Crippen LogP contribution >= 0.6 is 0 Å². The molecule has 1 aliphatic carbocycles. The molecule has 2 N–H and O–H groups in total. The summed E-state index contributed by atoms with van der Waals surface area (Å²) in [5.74, 6) is 0.564. The molecule has 0 aliphatic heterocycles. The van der Waals surface area contributed by atoms with Gasteiger partial charge in [-0.25, -0.2) is 4.39 Å². The van der Waals surface area contributed by atoms with Gasteiger partial charge in [0.25, 0.3) is 0 Å². The highest BCUT2D eigenvalue weighted by atomic mass is 19.1. The predicted molar refractivity (Wildman–Crippen MR) is 109 cm³/mol. The third kappa shape index (κ3) is 4.52. The van der Waals surface area contributed by atoms with Gasteiger partial charge in [0.05, 0.1) is 18.8 Å². The molecule has 0 amide bonds. The van der Waals surface area contributed by atoms with E-state index < -0.39 is 0 Å². The van der Waals surface area contributed by atoms with E-state index in [1.54, 1.807) is 26.3 Å². The number of aromatic nitrogens is 2. The molecule has 1 fully saturated rings. The number of hydrogen-bond acceptors (Lipinski definition) is 3. The summed E-state index contributed by atoms with van der Waals surface area (Å²) in [6, 6.07) is 6.93. The molecule has 0 atom stereocenters. The Morgan fingerprint density at radius 3 is 2.75 bits per heavy atom. The number of guanidine groups is 1. The van der Waals surface area contributed by atoms with Crippen LogP contribution in [0.2, 0.25) is 0 Å². The van der Waals surface area contributed by atoms with E-state index in [1.165, 1.54) is 11.6 Å². The first-order chi connectivity index (χ1) is 13.5. The molecule has 0 unspecified atom stereocenters. The summed E-state index contributed by atoms with van der Waals surface area (Å²) >= 11 is 0. The molecule has 2 aromatic rings. The summed E-state index contributed by atoms with van der Waals surface area (Å²) in [7, 11) is 3.46. The van der Waals surface area contributed by atoms with Crippen LogP contribution in [0.1, 0.15) is 35.4 Å². The summed E-state index contributed by atoms with van der Waals surface area (Å²) in [5, 5.41) is 11.4. The van der Waals surface area contributed by atoms with E-state index >= 15 is 0 Å².